The van der Waals surface area contributed by atoms with Crippen LogP contribution in [0.25, 0.3) is 0 Å². The number of carbonyl (C=O) groups is 2. The number of esters is 2. The molecule has 0 saturated heterocycles. The van der Waals surface area contributed by atoms with Crippen LogP contribution in [0.3, 0.4) is 0 Å². The number of hydrogen-bond acceptors (Lipinski definition) is 4. The van der Waals surface area contributed by atoms with Crippen LogP contribution >= 0.6 is 0 Å². The maximum absolute atomic E-state index is 11.6. The third kappa shape index (κ3) is 2.45. The Morgan fingerprint density at radius 2 is 1.94 bits per heavy atom. The number of carbonyl (C=O) groups excluding carboxylic acids is 2. The third-order valence-electron chi connectivity index (χ3n) is 3.93. The number of fused-ring (bicyclic) bond motifs is 2. The minimum absolute atomic E-state index is 0.289. The van der Waals surface area contributed by atoms with E-state index in [9.17, 15) is 9.59 Å². The van der Waals surface area contributed by atoms with Gasteiger partial charge in [-0.25, -0.2) is 9.59 Å². The zero-order valence-corrected chi connectivity index (χ0v) is 10.7. The lowest BCUT2D eigenvalue weighted by Crippen LogP contribution is -2.40. The fourth-order valence-corrected chi connectivity index (χ4v) is 3.20. The van der Waals surface area contributed by atoms with E-state index in [4.69, 9.17) is 9.47 Å². The number of rotatable bonds is 2. The largest absolute Gasteiger partial charge is 0.455 e. The van der Waals surface area contributed by atoms with Gasteiger partial charge in [-0.2, -0.15) is 0 Å². The van der Waals surface area contributed by atoms with Crippen molar-refractivity contribution in [2.45, 2.75) is 58.2 Å². The summed E-state index contributed by atoms with van der Waals surface area (Å²) in [4.78, 5) is 23.0. The minimum atomic E-state index is -0.871. The van der Waals surface area contributed by atoms with Gasteiger partial charge in [-0.05, 0) is 58.3 Å². The van der Waals surface area contributed by atoms with Crippen LogP contribution in [0.2, 0.25) is 0 Å². The second-order valence-electron chi connectivity index (χ2n) is 5.74. The van der Waals surface area contributed by atoms with Gasteiger partial charge in [-0.15, -0.1) is 0 Å². The molecule has 2 aliphatic carbocycles. The first-order valence-corrected chi connectivity index (χ1v) is 6.34. The molecule has 4 nitrogen and oxygen atoms in total. The van der Waals surface area contributed by atoms with E-state index in [1.54, 1.807) is 13.8 Å². The van der Waals surface area contributed by atoms with Crippen molar-refractivity contribution >= 4 is 11.9 Å². The number of hydrogen-bond donors (Lipinski definition) is 0. The van der Waals surface area contributed by atoms with Gasteiger partial charge in [0.05, 0.1) is 6.10 Å². The van der Waals surface area contributed by atoms with E-state index >= 15 is 0 Å². The van der Waals surface area contributed by atoms with Crippen LogP contribution in [0.4, 0.5) is 0 Å². The lowest BCUT2D eigenvalue weighted by molar-refractivity contribution is -0.181. The Hall–Kier alpha value is -1.06. The summed E-state index contributed by atoms with van der Waals surface area (Å²) in [5.74, 6) is -0.625. The zero-order valence-electron chi connectivity index (χ0n) is 10.7. The predicted molar refractivity (Wildman–Crippen MR) is 61.2 cm³/mol. The first-order valence-electron chi connectivity index (χ1n) is 6.34. The molecule has 0 aliphatic heterocycles. The molecule has 3 atom stereocenters. The minimum Gasteiger partial charge on any atom is -0.455 e. The molecule has 2 aliphatic rings. The van der Waals surface area contributed by atoms with Gasteiger partial charge >= 0.3 is 11.9 Å². The lowest BCUT2D eigenvalue weighted by atomic mass is 9.86. The molecule has 2 saturated carbocycles. The quantitative estimate of drug-likeness (QED) is 0.547. The van der Waals surface area contributed by atoms with Crippen LogP contribution in [0.15, 0.2) is 0 Å². The highest BCUT2D eigenvalue weighted by Gasteiger charge is 2.51. The molecule has 0 unspecified atom stereocenters. The molecule has 2 rings (SSSR count). The second-order valence-corrected chi connectivity index (χ2v) is 5.74. The van der Waals surface area contributed by atoms with Crippen molar-refractivity contribution < 1.29 is 19.1 Å². The summed E-state index contributed by atoms with van der Waals surface area (Å²) < 4.78 is 10.2. The van der Waals surface area contributed by atoms with E-state index in [-0.39, 0.29) is 6.10 Å². The molecule has 0 heterocycles. The van der Waals surface area contributed by atoms with Crippen molar-refractivity contribution in [3.63, 3.8) is 0 Å². The Kier molecular flexibility index (Phi) is 3.15. The van der Waals surface area contributed by atoms with E-state index in [1.807, 2.05) is 6.92 Å². The summed E-state index contributed by atoms with van der Waals surface area (Å²) >= 11 is 0. The molecule has 0 amide bonds. The van der Waals surface area contributed by atoms with Gasteiger partial charge in [0.2, 0.25) is 0 Å². The summed E-state index contributed by atoms with van der Waals surface area (Å²) in [5, 5.41) is 0. The van der Waals surface area contributed by atoms with E-state index in [0.29, 0.717) is 11.8 Å². The average Bonchev–Trinajstić information content (AvgIpc) is 2.75. The molecular formula is C13H20O4. The van der Waals surface area contributed by atoms with Crippen LogP contribution in [0.5, 0.6) is 0 Å². The van der Waals surface area contributed by atoms with Gasteiger partial charge in [0, 0.05) is 0 Å². The lowest BCUT2D eigenvalue weighted by Gasteiger charge is -2.33. The van der Waals surface area contributed by atoms with E-state index in [0.717, 1.165) is 19.3 Å². The van der Waals surface area contributed by atoms with E-state index < -0.39 is 17.5 Å². The molecular weight excluding hydrogens is 220 g/mol. The highest BCUT2D eigenvalue weighted by Crippen LogP contribution is 2.52. The molecule has 2 bridgehead atoms. The zero-order chi connectivity index (χ0) is 12.6. The van der Waals surface area contributed by atoms with Crippen LogP contribution in [0, 0.1) is 11.8 Å². The molecule has 0 spiro atoms. The van der Waals surface area contributed by atoms with Crippen molar-refractivity contribution in [2.24, 2.45) is 11.8 Å². The van der Waals surface area contributed by atoms with Crippen molar-refractivity contribution in [3.8, 4) is 0 Å². The standard InChI is InChI=1S/C13H20O4/c1-8(2)16-11(14)12(15)17-13(3)7-9-4-5-10(13)6-9/h8-10H,4-7H2,1-3H3/t9-,10+,13-/m1/s1. The second kappa shape index (κ2) is 4.31. The predicted octanol–water partition coefficient (Wildman–Crippen LogP) is 2.06. The summed E-state index contributed by atoms with van der Waals surface area (Å²) in [6, 6.07) is 0. The Morgan fingerprint density at radius 3 is 2.41 bits per heavy atom. The Morgan fingerprint density at radius 1 is 1.24 bits per heavy atom. The molecule has 4 heteroatoms. The van der Waals surface area contributed by atoms with Crippen molar-refractivity contribution in [1.29, 1.82) is 0 Å². The molecule has 0 radical (unpaired) electrons. The van der Waals surface area contributed by atoms with Gasteiger partial charge < -0.3 is 9.47 Å². The van der Waals surface area contributed by atoms with Crippen LogP contribution in [-0.4, -0.2) is 23.6 Å². The van der Waals surface area contributed by atoms with Gasteiger partial charge in [0.25, 0.3) is 0 Å². The fraction of sp³-hybridized carbons (Fsp3) is 0.846. The Balaban J connectivity index is 1.92. The molecule has 0 aromatic carbocycles. The van der Waals surface area contributed by atoms with Gasteiger partial charge in [0.1, 0.15) is 5.60 Å². The van der Waals surface area contributed by atoms with Crippen LogP contribution in [0.1, 0.15) is 46.5 Å². The molecule has 2 fully saturated rings. The average molecular weight is 240 g/mol. The van der Waals surface area contributed by atoms with E-state index in [1.165, 1.54) is 6.42 Å². The smallest absolute Gasteiger partial charge is 0.418 e. The highest BCUT2D eigenvalue weighted by atomic mass is 16.6. The van der Waals surface area contributed by atoms with Crippen LogP contribution < -0.4 is 0 Å². The molecule has 0 N–H and O–H groups in total. The molecule has 0 aromatic rings. The summed E-state index contributed by atoms with van der Waals surface area (Å²) in [6.45, 7) is 5.37. The third-order valence-corrected chi connectivity index (χ3v) is 3.93. The normalized spacial score (nSPS) is 35.1. The van der Waals surface area contributed by atoms with Gasteiger partial charge in [-0.3, -0.25) is 0 Å². The maximum Gasteiger partial charge on any atom is 0.418 e. The Labute approximate surface area is 102 Å². The highest BCUT2D eigenvalue weighted by molar-refractivity contribution is 6.29. The van der Waals surface area contributed by atoms with Crippen molar-refractivity contribution in [3.05, 3.63) is 0 Å². The van der Waals surface area contributed by atoms with Crippen LogP contribution in [-0.2, 0) is 19.1 Å². The summed E-state index contributed by atoms with van der Waals surface area (Å²) in [5.41, 5.74) is -0.448. The van der Waals surface area contributed by atoms with Crippen molar-refractivity contribution in [2.75, 3.05) is 0 Å². The SMILES string of the molecule is CC(C)OC(=O)C(=O)O[C@]1(C)C[C@@H]2CC[C@H]1C2. The molecule has 17 heavy (non-hydrogen) atoms. The molecule has 0 aromatic heterocycles. The Bertz CT molecular complexity index is 336. The topological polar surface area (TPSA) is 52.6 Å². The monoisotopic (exact) mass is 240 g/mol. The molecule has 96 valence electrons. The summed E-state index contributed by atoms with van der Waals surface area (Å²) in [6.07, 6.45) is 4.06. The van der Waals surface area contributed by atoms with E-state index in [2.05, 4.69) is 0 Å². The first kappa shape index (κ1) is 12.4. The van der Waals surface area contributed by atoms with Crippen molar-refractivity contribution in [1.82, 2.24) is 0 Å². The maximum atomic E-state index is 11.6. The number of ether oxygens (including phenoxy) is 2. The van der Waals surface area contributed by atoms with Gasteiger partial charge in [-0.1, -0.05) is 0 Å². The fourth-order valence-electron chi connectivity index (χ4n) is 3.20. The first-order chi connectivity index (χ1) is 7.90. The van der Waals surface area contributed by atoms with Gasteiger partial charge in [0.15, 0.2) is 0 Å². The summed E-state index contributed by atoms with van der Waals surface area (Å²) in [7, 11) is 0.